The van der Waals surface area contributed by atoms with Crippen LogP contribution >= 0.6 is 0 Å². The van der Waals surface area contributed by atoms with E-state index in [0.717, 1.165) is 6.07 Å². The molecule has 0 aliphatic heterocycles. The van der Waals surface area contributed by atoms with Gasteiger partial charge in [0, 0.05) is 0 Å². The van der Waals surface area contributed by atoms with Crippen LogP contribution in [0.15, 0.2) is 18.5 Å². The van der Waals surface area contributed by atoms with Crippen LogP contribution < -0.4 is 11.1 Å². The number of rotatable bonds is 3. The van der Waals surface area contributed by atoms with Gasteiger partial charge < -0.3 is 16.0 Å². The number of aromatic amines is 1. The number of hydrogen-bond acceptors (Lipinski definition) is 3. The molecule has 0 fully saturated rings. The lowest BCUT2D eigenvalue weighted by molar-refractivity contribution is -0.119. The first-order valence-electron chi connectivity index (χ1n) is 5.22. The van der Waals surface area contributed by atoms with Crippen LogP contribution in [0.25, 0.3) is 11.0 Å². The SMILES string of the molecule is C[C@@H](NC(=O)c1cc(F)cc2[nH]cnc12)C(N)=O. The van der Waals surface area contributed by atoms with E-state index in [1.165, 1.54) is 19.3 Å². The number of halogens is 1. The Kier molecular flexibility index (Phi) is 2.97. The number of fused-ring (bicyclic) bond motifs is 1. The second-order valence-corrected chi connectivity index (χ2v) is 3.85. The Bertz CT molecular complexity index is 623. The molecular weight excluding hydrogens is 239 g/mol. The predicted octanol–water partition coefficient (Wildman–Crippen LogP) is 0.306. The summed E-state index contributed by atoms with van der Waals surface area (Å²) in [5.41, 5.74) is 5.84. The molecule has 1 aromatic carbocycles. The van der Waals surface area contributed by atoms with Gasteiger partial charge in [0.2, 0.25) is 5.91 Å². The molecule has 2 amide bonds. The van der Waals surface area contributed by atoms with Gasteiger partial charge in [0.1, 0.15) is 17.4 Å². The Labute approximate surface area is 101 Å². The molecule has 0 saturated carbocycles. The third-order valence-corrected chi connectivity index (χ3v) is 2.51. The lowest BCUT2D eigenvalue weighted by atomic mass is 10.1. The summed E-state index contributed by atoms with van der Waals surface area (Å²) in [6.07, 6.45) is 1.36. The standard InChI is InChI=1S/C11H11FN4O2/c1-5(10(13)17)16-11(18)7-2-6(12)3-8-9(7)15-4-14-8/h2-5H,1H3,(H2,13,17)(H,14,15)(H,16,18)/t5-/m1/s1. The molecule has 7 heteroatoms. The van der Waals surface area contributed by atoms with Crippen molar-refractivity contribution in [3.63, 3.8) is 0 Å². The van der Waals surface area contributed by atoms with Gasteiger partial charge in [-0.15, -0.1) is 0 Å². The molecule has 0 spiro atoms. The highest BCUT2D eigenvalue weighted by Gasteiger charge is 2.18. The third-order valence-electron chi connectivity index (χ3n) is 2.51. The van der Waals surface area contributed by atoms with Crippen LogP contribution in [0.3, 0.4) is 0 Å². The number of benzene rings is 1. The molecule has 0 unspecified atom stereocenters. The van der Waals surface area contributed by atoms with Crippen LogP contribution in [-0.4, -0.2) is 27.8 Å². The summed E-state index contributed by atoms with van der Waals surface area (Å²) in [4.78, 5) is 29.4. The van der Waals surface area contributed by atoms with Crippen molar-refractivity contribution in [2.24, 2.45) is 5.73 Å². The number of amides is 2. The lowest BCUT2D eigenvalue weighted by Gasteiger charge is -2.10. The number of carbonyl (C=O) groups is 2. The zero-order valence-corrected chi connectivity index (χ0v) is 9.53. The highest BCUT2D eigenvalue weighted by molar-refractivity contribution is 6.06. The Balaban J connectivity index is 2.38. The number of primary amides is 1. The fraction of sp³-hybridized carbons (Fsp3) is 0.182. The fourth-order valence-corrected chi connectivity index (χ4v) is 1.53. The molecule has 94 valence electrons. The first-order valence-corrected chi connectivity index (χ1v) is 5.22. The van der Waals surface area contributed by atoms with E-state index in [4.69, 9.17) is 5.73 Å². The maximum absolute atomic E-state index is 13.3. The largest absolute Gasteiger partial charge is 0.368 e. The van der Waals surface area contributed by atoms with Crippen LogP contribution in [0.1, 0.15) is 17.3 Å². The topological polar surface area (TPSA) is 101 Å². The monoisotopic (exact) mass is 250 g/mol. The molecule has 2 aromatic rings. The van der Waals surface area contributed by atoms with Crippen molar-refractivity contribution >= 4 is 22.8 Å². The van der Waals surface area contributed by atoms with E-state index in [9.17, 15) is 14.0 Å². The fourth-order valence-electron chi connectivity index (χ4n) is 1.53. The Morgan fingerprint density at radius 3 is 2.89 bits per heavy atom. The first-order chi connectivity index (χ1) is 8.49. The minimum absolute atomic E-state index is 0.0550. The molecule has 2 rings (SSSR count). The number of hydrogen-bond donors (Lipinski definition) is 3. The van der Waals surface area contributed by atoms with Crippen molar-refractivity contribution < 1.29 is 14.0 Å². The highest BCUT2D eigenvalue weighted by Crippen LogP contribution is 2.17. The van der Waals surface area contributed by atoms with Gasteiger partial charge >= 0.3 is 0 Å². The summed E-state index contributed by atoms with van der Waals surface area (Å²) in [5, 5.41) is 2.37. The average molecular weight is 250 g/mol. The van der Waals surface area contributed by atoms with Crippen LogP contribution in [0.4, 0.5) is 4.39 Å². The number of nitrogens with two attached hydrogens (primary N) is 1. The van der Waals surface area contributed by atoms with Gasteiger partial charge in [-0.1, -0.05) is 0 Å². The van der Waals surface area contributed by atoms with Gasteiger partial charge in [0.15, 0.2) is 0 Å². The molecule has 1 heterocycles. The molecule has 0 bridgehead atoms. The molecular formula is C11H11FN4O2. The van der Waals surface area contributed by atoms with Crippen molar-refractivity contribution in [1.29, 1.82) is 0 Å². The van der Waals surface area contributed by atoms with Crippen molar-refractivity contribution in [3.05, 3.63) is 29.8 Å². The summed E-state index contributed by atoms with van der Waals surface area (Å²) in [5.74, 6) is -1.83. The summed E-state index contributed by atoms with van der Waals surface area (Å²) < 4.78 is 13.3. The Hall–Kier alpha value is -2.44. The molecule has 0 aliphatic carbocycles. The van der Waals surface area contributed by atoms with Crippen molar-refractivity contribution in [3.8, 4) is 0 Å². The van der Waals surface area contributed by atoms with Gasteiger partial charge in [-0.2, -0.15) is 0 Å². The Morgan fingerprint density at radius 1 is 1.50 bits per heavy atom. The summed E-state index contributed by atoms with van der Waals surface area (Å²) in [6, 6.07) is 1.46. The first kappa shape index (κ1) is 12.0. The molecule has 0 saturated heterocycles. The number of nitrogens with zero attached hydrogens (tertiary/aromatic N) is 1. The van der Waals surface area contributed by atoms with Crippen molar-refractivity contribution in [1.82, 2.24) is 15.3 Å². The van der Waals surface area contributed by atoms with E-state index in [-0.39, 0.29) is 5.56 Å². The molecule has 0 radical (unpaired) electrons. The Morgan fingerprint density at radius 2 is 2.22 bits per heavy atom. The van der Waals surface area contributed by atoms with Crippen molar-refractivity contribution in [2.45, 2.75) is 13.0 Å². The second-order valence-electron chi connectivity index (χ2n) is 3.85. The highest BCUT2D eigenvalue weighted by atomic mass is 19.1. The number of imidazole rings is 1. The van der Waals surface area contributed by atoms with E-state index >= 15 is 0 Å². The molecule has 1 aromatic heterocycles. The summed E-state index contributed by atoms with van der Waals surface area (Å²) >= 11 is 0. The van der Waals surface area contributed by atoms with E-state index in [0.29, 0.717) is 11.0 Å². The molecule has 0 aliphatic rings. The number of nitrogens with one attached hydrogen (secondary N) is 2. The molecule has 4 N–H and O–H groups in total. The van der Waals surface area contributed by atoms with Crippen LogP contribution in [0.5, 0.6) is 0 Å². The smallest absolute Gasteiger partial charge is 0.254 e. The van der Waals surface area contributed by atoms with E-state index in [1.807, 2.05) is 0 Å². The quantitative estimate of drug-likeness (QED) is 0.730. The van der Waals surface area contributed by atoms with E-state index in [2.05, 4.69) is 15.3 Å². The third kappa shape index (κ3) is 2.15. The second kappa shape index (κ2) is 4.44. The summed E-state index contributed by atoms with van der Waals surface area (Å²) in [6.45, 7) is 1.45. The zero-order chi connectivity index (χ0) is 13.3. The predicted molar refractivity (Wildman–Crippen MR) is 62.2 cm³/mol. The zero-order valence-electron chi connectivity index (χ0n) is 9.53. The van der Waals surface area contributed by atoms with Gasteiger partial charge in [-0.25, -0.2) is 9.37 Å². The minimum atomic E-state index is -0.838. The maximum atomic E-state index is 13.3. The van der Waals surface area contributed by atoms with Gasteiger partial charge in [0.05, 0.1) is 17.4 Å². The van der Waals surface area contributed by atoms with Gasteiger partial charge in [-0.05, 0) is 19.1 Å². The number of carbonyl (C=O) groups excluding carboxylic acids is 2. The minimum Gasteiger partial charge on any atom is -0.368 e. The lowest BCUT2D eigenvalue weighted by Crippen LogP contribution is -2.42. The normalized spacial score (nSPS) is 12.3. The van der Waals surface area contributed by atoms with Crippen LogP contribution in [0.2, 0.25) is 0 Å². The average Bonchev–Trinajstić information content (AvgIpc) is 2.75. The van der Waals surface area contributed by atoms with Crippen LogP contribution in [0, 0.1) is 5.82 Å². The number of H-pyrrole nitrogens is 1. The van der Waals surface area contributed by atoms with E-state index in [1.54, 1.807) is 0 Å². The van der Waals surface area contributed by atoms with E-state index < -0.39 is 23.7 Å². The van der Waals surface area contributed by atoms with Gasteiger partial charge in [0.25, 0.3) is 5.91 Å². The summed E-state index contributed by atoms with van der Waals surface area (Å²) in [7, 11) is 0. The molecule has 18 heavy (non-hydrogen) atoms. The maximum Gasteiger partial charge on any atom is 0.254 e. The van der Waals surface area contributed by atoms with Crippen molar-refractivity contribution in [2.75, 3.05) is 0 Å². The van der Waals surface area contributed by atoms with Crippen LogP contribution in [-0.2, 0) is 4.79 Å². The molecule has 1 atom stereocenters. The number of aromatic nitrogens is 2. The molecule has 6 nitrogen and oxygen atoms in total. The van der Waals surface area contributed by atoms with Gasteiger partial charge in [-0.3, -0.25) is 9.59 Å².